The Morgan fingerprint density at radius 1 is 1.26 bits per heavy atom. The Bertz CT molecular complexity index is 543. The number of hydrogen-bond donors (Lipinski definition) is 2. The van der Waals surface area contributed by atoms with Gasteiger partial charge in [-0.1, -0.05) is 25.0 Å². The van der Waals surface area contributed by atoms with Crippen LogP contribution >= 0.6 is 0 Å². The molecule has 1 aromatic carbocycles. The minimum absolute atomic E-state index is 0.137. The molecule has 0 spiro atoms. The van der Waals surface area contributed by atoms with Gasteiger partial charge in [0.2, 0.25) is 5.95 Å². The molecule has 2 aromatic rings. The summed E-state index contributed by atoms with van der Waals surface area (Å²) in [6.07, 6.45) is 5.37. The van der Waals surface area contributed by atoms with Crippen molar-refractivity contribution in [3.05, 3.63) is 24.3 Å². The molecular formula is C15H21N3O. The van der Waals surface area contributed by atoms with E-state index in [9.17, 15) is 5.11 Å². The number of benzene rings is 1. The predicted octanol–water partition coefficient (Wildman–Crippen LogP) is 2.63. The minimum Gasteiger partial charge on any atom is -0.395 e. The number of anilines is 1. The lowest BCUT2D eigenvalue weighted by atomic mass is 10.1. The van der Waals surface area contributed by atoms with E-state index in [2.05, 4.69) is 20.9 Å². The topological polar surface area (TPSA) is 50.1 Å². The first-order valence-electron chi connectivity index (χ1n) is 7.18. The molecule has 1 aliphatic rings. The summed E-state index contributed by atoms with van der Waals surface area (Å²) >= 11 is 0. The average Bonchev–Trinajstić information content (AvgIpc) is 3.05. The van der Waals surface area contributed by atoms with Gasteiger partial charge in [0.15, 0.2) is 0 Å². The van der Waals surface area contributed by atoms with Crippen molar-refractivity contribution >= 4 is 17.0 Å². The highest BCUT2D eigenvalue weighted by molar-refractivity contribution is 5.78. The first-order chi connectivity index (χ1) is 9.38. The fraction of sp³-hybridized carbons (Fsp3) is 0.533. The first-order valence-corrected chi connectivity index (χ1v) is 7.18. The maximum atomic E-state index is 9.23. The number of rotatable bonds is 5. The highest BCUT2D eigenvalue weighted by atomic mass is 16.3. The molecule has 4 heteroatoms. The molecule has 0 saturated heterocycles. The highest BCUT2D eigenvalue weighted by Crippen LogP contribution is 2.26. The second-order valence-corrected chi connectivity index (χ2v) is 5.33. The molecule has 0 bridgehead atoms. The van der Waals surface area contributed by atoms with E-state index < -0.39 is 0 Å². The quantitative estimate of drug-likeness (QED) is 0.868. The van der Waals surface area contributed by atoms with Crippen LogP contribution in [0.1, 0.15) is 25.7 Å². The molecule has 19 heavy (non-hydrogen) atoms. The van der Waals surface area contributed by atoms with E-state index in [0.717, 1.165) is 29.4 Å². The van der Waals surface area contributed by atoms with Gasteiger partial charge in [0.25, 0.3) is 0 Å². The van der Waals surface area contributed by atoms with E-state index in [1.54, 1.807) is 0 Å². The van der Waals surface area contributed by atoms with Crippen LogP contribution in [0, 0.1) is 5.92 Å². The molecule has 3 rings (SSSR count). The number of nitrogens with one attached hydrogen (secondary N) is 1. The Morgan fingerprint density at radius 2 is 2.05 bits per heavy atom. The molecule has 1 aliphatic carbocycles. The summed E-state index contributed by atoms with van der Waals surface area (Å²) in [4.78, 5) is 4.63. The molecule has 0 amide bonds. The van der Waals surface area contributed by atoms with E-state index >= 15 is 0 Å². The van der Waals surface area contributed by atoms with Crippen molar-refractivity contribution in [1.82, 2.24) is 9.55 Å². The van der Waals surface area contributed by atoms with Gasteiger partial charge in [0.1, 0.15) is 0 Å². The van der Waals surface area contributed by atoms with Crippen molar-refractivity contribution in [3.8, 4) is 0 Å². The zero-order valence-corrected chi connectivity index (χ0v) is 11.2. The SMILES string of the molecule is OCCn1c(NCC2CCCC2)nc2ccccc21. The third-order valence-electron chi connectivity index (χ3n) is 4.00. The van der Waals surface area contributed by atoms with Gasteiger partial charge in [-0.3, -0.25) is 0 Å². The van der Waals surface area contributed by atoms with Crippen LogP contribution in [0.15, 0.2) is 24.3 Å². The van der Waals surface area contributed by atoms with Gasteiger partial charge < -0.3 is 15.0 Å². The number of para-hydroxylation sites is 2. The standard InChI is InChI=1S/C15H21N3O/c19-10-9-18-14-8-4-3-7-13(14)17-15(18)16-11-12-5-1-2-6-12/h3-4,7-8,12,19H,1-2,5-6,9-11H2,(H,16,17). The second-order valence-electron chi connectivity index (χ2n) is 5.33. The predicted molar refractivity (Wildman–Crippen MR) is 77.3 cm³/mol. The van der Waals surface area contributed by atoms with Crippen molar-refractivity contribution in [2.45, 2.75) is 32.2 Å². The third kappa shape index (κ3) is 2.59. The highest BCUT2D eigenvalue weighted by Gasteiger charge is 2.16. The monoisotopic (exact) mass is 259 g/mol. The molecule has 0 unspecified atom stereocenters. The lowest BCUT2D eigenvalue weighted by Gasteiger charge is -2.13. The van der Waals surface area contributed by atoms with Crippen LogP contribution < -0.4 is 5.32 Å². The van der Waals surface area contributed by atoms with Crippen molar-refractivity contribution in [2.24, 2.45) is 5.92 Å². The van der Waals surface area contributed by atoms with Crippen molar-refractivity contribution in [1.29, 1.82) is 0 Å². The van der Waals surface area contributed by atoms with Gasteiger partial charge in [0.05, 0.1) is 17.6 Å². The number of aliphatic hydroxyl groups is 1. The van der Waals surface area contributed by atoms with Gasteiger partial charge in [-0.2, -0.15) is 0 Å². The van der Waals surface area contributed by atoms with Gasteiger partial charge in [-0.05, 0) is 30.9 Å². The Labute approximate surface area is 113 Å². The molecule has 1 aromatic heterocycles. The number of nitrogens with zero attached hydrogens (tertiary/aromatic N) is 2. The molecule has 0 aliphatic heterocycles. The molecular weight excluding hydrogens is 238 g/mol. The smallest absolute Gasteiger partial charge is 0.203 e. The summed E-state index contributed by atoms with van der Waals surface area (Å²) in [6.45, 7) is 1.72. The summed E-state index contributed by atoms with van der Waals surface area (Å²) in [5.41, 5.74) is 2.08. The first kappa shape index (κ1) is 12.5. The second kappa shape index (κ2) is 5.61. The van der Waals surface area contributed by atoms with Crippen molar-refractivity contribution in [3.63, 3.8) is 0 Å². The maximum absolute atomic E-state index is 9.23. The number of aliphatic hydroxyl groups excluding tert-OH is 1. The van der Waals surface area contributed by atoms with Crippen LogP contribution in [-0.2, 0) is 6.54 Å². The number of imidazole rings is 1. The fourth-order valence-corrected chi connectivity index (χ4v) is 2.99. The van der Waals surface area contributed by atoms with Gasteiger partial charge in [0, 0.05) is 13.1 Å². The van der Waals surface area contributed by atoms with E-state index in [4.69, 9.17) is 0 Å². The van der Waals surface area contributed by atoms with Crippen LogP contribution in [0.25, 0.3) is 11.0 Å². The lowest BCUT2D eigenvalue weighted by Crippen LogP contribution is -2.15. The summed E-state index contributed by atoms with van der Waals surface area (Å²) in [7, 11) is 0. The van der Waals surface area contributed by atoms with E-state index in [1.807, 2.05) is 18.2 Å². The molecule has 1 saturated carbocycles. The van der Waals surface area contributed by atoms with Gasteiger partial charge >= 0.3 is 0 Å². The fourth-order valence-electron chi connectivity index (χ4n) is 2.99. The van der Waals surface area contributed by atoms with Gasteiger partial charge in [-0.15, -0.1) is 0 Å². The van der Waals surface area contributed by atoms with Crippen LogP contribution in [0.4, 0.5) is 5.95 Å². The Kier molecular flexibility index (Phi) is 3.69. The van der Waals surface area contributed by atoms with E-state index in [-0.39, 0.29) is 6.61 Å². The summed E-state index contributed by atoms with van der Waals surface area (Å²) in [5, 5.41) is 12.7. The number of fused-ring (bicyclic) bond motifs is 1. The molecule has 1 fully saturated rings. The zero-order valence-electron chi connectivity index (χ0n) is 11.2. The largest absolute Gasteiger partial charge is 0.395 e. The maximum Gasteiger partial charge on any atom is 0.203 e. The van der Waals surface area contributed by atoms with Crippen molar-refractivity contribution < 1.29 is 5.11 Å². The molecule has 0 atom stereocenters. The molecule has 102 valence electrons. The summed E-state index contributed by atoms with van der Waals surface area (Å²) in [5.74, 6) is 1.67. The summed E-state index contributed by atoms with van der Waals surface area (Å²) < 4.78 is 2.07. The Morgan fingerprint density at radius 3 is 2.84 bits per heavy atom. The van der Waals surface area contributed by atoms with Crippen LogP contribution in [0.5, 0.6) is 0 Å². The Balaban J connectivity index is 1.82. The van der Waals surface area contributed by atoms with Gasteiger partial charge in [-0.25, -0.2) is 4.98 Å². The number of hydrogen-bond acceptors (Lipinski definition) is 3. The normalized spacial score (nSPS) is 16.3. The van der Waals surface area contributed by atoms with Crippen LogP contribution in [-0.4, -0.2) is 27.8 Å². The minimum atomic E-state index is 0.137. The third-order valence-corrected chi connectivity index (χ3v) is 4.00. The average molecular weight is 259 g/mol. The van der Waals surface area contributed by atoms with E-state index in [0.29, 0.717) is 6.54 Å². The Hall–Kier alpha value is -1.55. The number of aromatic nitrogens is 2. The molecule has 2 N–H and O–H groups in total. The molecule has 1 heterocycles. The molecule has 4 nitrogen and oxygen atoms in total. The zero-order chi connectivity index (χ0) is 13.1. The lowest BCUT2D eigenvalue weighted by molar-refractivity contribution is 0.278. The van der Waals surface area contributed by atoms with Crippen LogP contribution in [0.2, 0.25) is 0 Å². The molecule has 0 radical (unpaired) electrons. The summed E-state index contributed by atoms with van der Waals surface area (Å²) in [6, 6.07) is 8.08. The van der Waals surface area contributed by atoms with Crippen molar-refractivity contribution in [2.75, 3.05) is 18.5 Å². The van der Waals surface area contributed by atoms with Crippen LogP contribution in [0.3, 0.4) is 0 Å². The van der Waals surface area contributed by atoms with E-state index in [1.165, 1.54) is 25.7 Å².